The Kier molecular flexibility index (Phi) is 5.77. The topological polar surface area (TPSA) is 70.6 Å². The fraction of sp³-hybridized carbons (Fsp3) is 0.412. The van der Waals surface area contributed by atoms with Crippen molar-refractivity contribution in [2.75, 3.05) is 30.2 Å². The second kappa shape index (κ2) is 7.61. The number of hydrogen-bond donors (Lipinski definition) is 0. The average Bonchev–Trinajstić information content (AvgIpc) is 2.55. The van der Waals surface area contributed by atoms with Crippen molar-refractivity contribution in [3.05, 3.63) is 36.5 Å². The molecule has 24 heavy (non-hydrogen) atoms. The van der Waals surface area contributed by atoms with E-state index in [0.717, 1.165) is 11.6 Å². The maximum atomic E-state index is 12.3. The van der Waals surface area contributed by atoms with E-state index in [2.05, 4.69) is 4.98 Å². The van der Waals surface area contributed by atoms with Crippen LogP contribution in [-0.2, 0) is 14.8 Å². The van der Waals surface area contributed by atoms with Gasteiger partial charge >= 0.3 is 0 Å². The van der Waals surface area contributed by atoms with E-state index in [1.165, 1.54) is 4.31 Å². The molecule has 0 aliphatic rings. The van der Waals surface area contributed by atoms with E-state index in [4.69, 9.17) is 0 Å². The molecular weight excluding hydrogens is 326 g/mol. The normalized spacial score (nSPS) is 11.5. The van der Waals surface area contributed by atoms with Crippen LogP contribution < -0.4 is 4.31 Å². The van der Waals surface area contributed by atoms with Gasteiger partial charge in [-0.1, -0.05) is 18.2 Å². The number of anilines is 1. The maximum Gasteiger partial charge on any atom is 0.232 e. The number of sulfonamides is 1. The predicted molar refractivity (Wildman–Crippen MR) is 96.5 cm³/mol. The van der Waals surface area contributed by atoms with Crippen molar-refractivity contribution in [3.8, 4) is 0 Å². The van der Waals surface area contributed by atoms with E-state index in [9.17, 15) is 13.2 Å². The molecule has 0 fully saturated rings. The van der Waals surface area contributed by atoms with Crippen LogP contribution in [0.5, 0.6) is 0 Å². The van der Waals surface area contributed by atoms with E-state index in [1.807, 2.05) is 26.0 Å². The van der Waals surface area contributed by atoms with Crippen LogP contribution in [0.2, 0.25) is 0 Å². The lowest BCUT2D eigenvalue weighted by atomic mass is 10.2. The number of nitrogens with zero attached hydrogens (tertiary/aromatic N) is 3. The monoisotopic (exact) mass is 349 g/mol. The minimum atomic E-state index is -3.52. The summed E-state index contributed by atoms with van der Waals surface area (Å²) in [5.41, 5.74) is 1.11. The quantitative estimate of drug-likeness (QED) is 0.769. The van der Waals surface area contributed by atoms with Crippen LogP contribution in [0.25, 0.3) is 10.9 Å². The number of hydrogen-bond acceptors (Lipinski definition) is 4. The number of carbonyl (C=O) groups is 1. The fourth-order valence-corrected chi connectivity index (χ4v) is 3.61. The van der Waals surface area contributed by atoms with Crippen molar-refractivity contribution in [1.82, 2.24) is 9.88 Å². The van der Waals surface area contributed by atoms with Crippen LogP contribution in [0.1, 0.15) is 20.3 Å². The predicted octanol–water partition coefficient (Wildman–Crippen LogP) is 2.26. The first-order chi connectivity index (χ1) is 11.4. The van der Waals surface area contributed by atoms with Crippen LogP contribution >= 0.6 is 0 Å². The molecule has 6 nitrogen and oxygen atoms in total. The van der Waals surface area contributed by atoms with Gasteiger partial charge in [-0.25, -0.2) is 8.42 Å². The summed E-state index contributed by atoms with van der Waals surface area (Å²) in [4.78, 5) is 18.2. The first-order valence-corrected chi connectivity index (χ1v) is 9.82. The van der Waals surface area contributed by atoms with Gasteiger partial charge in [0.2, 0.25) is 15.9 Å². The van der Waals surface area contributed by atoms with Gasteiger partial charge in [0.1, 0.15) is 0 Å². The molecule has 0 spiro atoms. The Morgan fingerprint density at radius 3 is 2.42 bits per heavy atom. The minimum Gasteiger partial charge on any atom is -0.343 e. The number of rotatable bonds is 7. The molecule has 7 heteroatoms. The molecular formula is C17H23N3O3S. The SMILES string of the molecule is CCN(CC)C(=O)CCN(c1cccc2cccnc12)S(C)(=O)=O. The summed E-state index contributed by atoms with van der Waals surface area (Å²) >= 11 is 0. The molecule has 1 aromatic heterocycles. The number of aromatic nitrogens is 1. The second-order valence-electron chi connectivity index (χ2n) is 5.50. The van der Waals surface area contributed by atoms with Crippen LogP contribution in [0.3, 0.4) is 0 Å². The molecule has 0 aliphatic carbocycles. The molecule has 1 aromatic carbocycles. The third-order valence-electron chi connectivity index (χ3n) is 3.93. The van der Waals surface area contributed by atoms with Crippen LogP contribution in [-0.4, -0.2) is 50.1 Å². The lowest BCUT2D eigenvalue weighted by Crippen LogP contribution is -2.36. The summed E-state index contributed by atoms with van der Waals surface area (Å²) < 4.78 is 25.8. The summed E-state index contributed by atoms with van der Waals surface area (Å²) in [7, 11) is -3.52. The van der Waals surface area contributed by atoms with Gasteiger partial charge in [0.15, 0.2) is 0 Å². The number of fused-ring (bicyclic) bond motifs is 1. The summed E-state index contributed by atoms with van der Waals surface area (Å²) in [6.07, 6.45) is 2.92. The third kappa shape index (κ3) is 4.03. The molecule has 0 unspecified atom stereocenters. The van der Waals surface area contributed by atoms with E-state index < -0.39 is 10.0 Å². The molecule has 0 radical (unpaired) electrons. The molecule has 2 aromatic rings. The molecule has 1 heterocycles. The molecule has 2 rings (SSSR count). The summed E-state index contributed by atoms with van der Waals surface area (Å²) in [5, 5.41) is 0.860. The largest absolute Gasteiger partial charge is 0.343 e. The Morgan fingerprint density at radius 2 is 1.79 bits per heavy atom. The van der Waals surface area contributed by atoms with E-state index in [0.29, 0.717) is 24.3 Å². The number of amides is 1. The minimum absolute atomic E-state index is 0.0538. The standard InChI is InChI=1S/C17H23N3O3S/c1-4-19(5-2)16(21)11-13-20(24(3,22)23)15-10-6-8-14-9-7-12-18-17(14)15/h6-10,12H,4-5,11,13H2,1-3H3. The Bertz CT molecular complexity index is 811. The molecule has 0 saturated heterocycles. The highest BCUT2D eigenvalue weighted by Gasteiger charge is 2.22. The van der Waals surface area contributed by atoms with Gasteiger partial charge < -0.3 is 4.90 Å². The van der Waals surface area contributed by atoms with Crippen molar-refractivity contribution in [1.29, 1.82) is 0 Å². The highest BCUT2D eigenvalue weighted by atomic mass is 32.2. The zero-order chi connectivity index (χ0) is 17.7. The van der Waals surface area contributed by atoms with Gasteiger partial charge in [-0.15, -0.1) is 0 Å². The van der Waals surface area contributed by atoms with Gasteiger partial charge in [-0.05, 0) is 26.0 Å². The second-order valence-corrected chi connectivity index (χ2v) is 7.41. The smallest absolute Gasteiger partial charge is 0.232 e. The molecule has 0 N–H and O–H groups in total. The van der Waals surface area contributed by atoms with Crippen molar-refractivity contribution in [2.45, 2.75) is 20.3 Å². The fourth-order valence-electron chi connectivity index (χ4n) is 2.69. The first-order valence-electron chi connectivity index (χ1n) is 7.97. The third-order valence-corrected chi connectivity index (χ3v) is 5.11. The van der Waals surface area contributed by atoms with E-state index in [-0.39, 0.29) is 18.9 Å². The maximum absolute atomic E-state index is 12.3. The molecule has 1 amide bonds. The number of carbonyl (C=O) groups excluding carboxylic acids is 1. The van der Waals surface area contributed by atoms with Gasteiger partial charge in [0.05, 0.1) is 17.5 Å². The first kappa shape index (κ1) is 18.2. The lowest BCUT2D eigenvalue weighted by molar-refractivity contribution is -0.130. The zero-order valence-corrected chi connectivity index (χ0v) is 15.1. The Balaban J connectivity index is 2.34. The van der Waals surface area contributed by atoms with Crippen LogP contribution in [0, 0.1) is 0 Å². The number of para-hydroxylation sites is 1. The van der Waals surface area contributed by atoms with E-state index in [1.54, 1.807) is 29.3 Å². The zero-order valence-electron chi connectivity index (χ0n) is 14.3. The van der Waals surface area contributed by atoms with Crippen molar-refractivity contribution >= 4 is 32.5 Å². The van der Waals surface area contributed by atoms with E-state index >= 15 is 0 Å². The summed E-state index contributed by atoms with van der Waals surface area (Å²) in [6.45, 7) is 5.15. The van der Waals surface area contributed by atoms with Crippen LogP contribution in [0.4, 0.5) is 5.69 Å². The Morgan fingerprint density at radius 1 is 1.12 bits per heavy atom. The average molecular weight is 349 g/mol. The Hall–Kier alpha value is -2.15. The molecule has 0 atom stereocenters. The molecule has 0 aliphatic heterocycles. The van der Waals surface area contributed by atoms with Gasteiger partial charge in [-0.2, -0.15) is 0 Å². The molecule has 0 saturated carbocycles. The Labute approximate surface area is 143 Å². The molecule has 130 valence electrons. The van der Waals surface area contributed by atoms with Crippen LogP contribution in [0.15, 0.2) is 36.5 Å². The highest BCUT2D eigenvalue weighted by Crippen LogP contribution is 2.26. The highest BCUT2D eigenvalue weighted by molar-refractivity contribution is 7.92. The lowest BCUT2D eigenvalue weighted by Gasteiger charge is -2.25. The van der Waals surface area contributed by atoms with Gasteiger partial charge in [-0.3, -0.25) is 14.1 Å². The van der Waals surface area contributed by atoms with Gasteiger partial charge in [0, 0.05) is 37.6 Å². The van der Waals surface area contributed by atoms with Crippen molar-refractivity contribution in [3.63, 3.8) is 0 Å². The van der Waals surface area contributed by atoms with Gasteiger partial charge in [0.25, 0.3) is 0 Å². The number of benzene rings is 1. The number of pyridine rings is 1. The summed E-state index contributed by atoms with van der Waals surface area (Å²) in [5.74, 6) is -0.0538. The van der Waals surface area contributed by atoms with Crippen molar-refractivity contribution in [2.24, 2.45) is 0 Å². The summed E-state index contributed by atoms with van der Waals surface area (Å²) in [6, 6.07) is 9.09. The molecule has 0 bridgehead atoms. The van der Waals surface area contributed by atoms with Crippen molar-refractivity contribution < 1.29 is 13.2 Å².